The molecule has 0 heterocycles. The Hall–Kier alpha value is -2.40. The van der Waals surface area contributed by atoms with Gasteiger partial charge in [-0.1, -0.05) is 23.7 Å². The normalized spacial score (nSPS) is 10.7. The zero-order valence-corrected chi connectivity index (χ0v) is 10.9. The number of nitrogens with zero attached hydrogens (tertiary/aromatic N) is 1. The number of phenolic OH excluding ortho intramolecular Hbond substituents is 1. The van der Waals surface area contributed by atoms with Crippen molar-refractivity contribution in [3.63, 3.8) is 0 Å². The molecule has 0 spiro atoms. The number of hydrogen-bond donors (Lipinski definition) is 2. The van der Waals surface area contributed by atoms with Gasteiger partial charge in [-0.3, -0.25) is 4.79 Å². The maximum Gasteiger partial charge on any atom is 0.271 e. The van der Waals surface area contributed by atoms with E-state index in [2.05, 4.69) is 10.5 Å². The van der Waals surface area contributed by atoms with E-state index in [4.69, 9.17) is 11.6 Å². The van der Waals surface area contributed by atoms with Crippen LogP contribution in [0.3, 0.4) is 0 Å². The highest BCUT2D eigenvalue weighted by molar-refractivity contribution is 6.33. The number of nitrogens with one attached hydrogen (secondary N) is 1. The van der Waals surface area contributed by atoms with E-state index in [9.17, 15) is 14.3 Å². The largest absolute Gasteiger partial charge is 0.508 e. The Kier molecular flexibility index (Phi) is 4.32. The van der Waals surface area contributed by atoms with Gasteiger partial charge in [0, 0.05) is 11.1 Å². The van der Waals surface area contributed by atoms with Crippen LogP contribution in [-0.2, 0) is 0 Å². The smallest absolute Gasteiger partial charge is 0.271 e. The second kappa shape index (κ2) is 6.16. The van der Waals surface area contributed by atoms with E-state index in [1.165, 1.54) is 42.5 Å². The Morgan fingerprint density at radius 3 is 2.75 bits per heavy atom. The van der Waals surface area contributed by atoms with Crippen LogP contribution in [0.1, 0.15) is 15.9 Å². The number of rotatable bonds is 3. The van der Waals surface area contributed by atoms with Gasteiger partial charge in [-0.2, -0.15) is 5.10 Å². The highest BCUT2D eigenvalue weighted by atomic mass is 35.5. The van der Waals surface area contributed by atoms with Gasteiger partial charge >= 0.3 is 0 Å². The minimum absolute atomic E-state index is 0.0289. The van der Waals surface area contributed by atoms with Crippen molar-refractivity contribution in [2.75, 3.05) is 0 Å². The van der Waals surface area contributed by atoms with Gasteiger partial charge in [0.15, 0.2) is 0 Å². The molecular weight excluding hydrogens is 283 g/mol. The minimum Gasteiger partial charge on any atom is -0.508 e. The molecule has 0 aliphatic heterocycles. The van der Waals surface area contributed by atoms with E-state index >= 15 is 0 Å². The van der Waals surface area contributed by atoms with Crippen LogP contribution in [0, 0.1) is 5.82 Å². The number of aromatic hydroxyl groups is 1. The number of halogens is 2. The van der Waals surface area contributed by atoms with Crippen LogP contribution in [-0.4, -0.2) is 17.2 Å². The van der Waals surface area contributed by atoms with Crippen LogP contribution >= 0.6 is 11.6 Å². The van der Waals surface area contributed by atoms with Gasteiger partial charge in [-0.25, -0.2) is 9.82 Å². The van der Waals surface area contributed by atoms with Crippen molar-refractivity contribution in [1.82, 2.24) is 5.43 Å². The Morgan fingerprint density at radius 1 is 1.30 bits per heavy atom. The summed E-state index contributed by atoms with van der Waals surface area (Å²) in [6.45, 7) is 0. The second-order valence-electron chi connectivity index (χ2n) is 3.88. The molecule has 1 amide bonds. The molecule has 0 bridgehead atoms. The summed E-state index contributed by atoms with van der Waals surface area (Å²) in [6.07, 6.45) is 1.12. The molecule has 0 fully saturated rings. The van der Waals surface area contributed by atoms with Crippen LogP contribution in [0.5, 0.6) is 5.75 Å². The lowest BCUT2D eigenvalue weighted by Gasteiger charge is -2.01. The third-order valence-corrected chi connectivity index (χ3v) is 2.80. The van der Waals surface area contributed by atoms with E-state index in [0.717, 1.165) is 6.21 Å². The number of hydrogen-bond acceptors (Lipinski definition) is 3. The van der Waals surface area contributed by atoms with E-state index in [0.29, 0.717) is 0 Å². The van der Waals surface area contributed by atoms with Crippen molar-refractivity contribution in [3.8, 4) is 5.75 Å². The van der Waals surface area contributed by atoms with Gasteiger partial charge in [0.2, 0.25) is 0 Å². The average Bonchev–Trinajstić information content (AvgIpc) is 2.42. The van der Waals surface area contributed by atoms with E-state index < -0.39 is 11.7 Å². The first kappa shape index (κ1) is 14.0. The van der Waals surface area contributed by atoms with Crippen molar-refractivity contribution < 1.29 is 14.3 Å². The van der Waals surface area contributed by atoms with Crippen LogP contribution in [0.15, 0.2) is 47.6 Å². The summed E-state index contributed by atoms with van der Waals surface area (Å²) in [7, 11) is 0. The van der Waals surface area contributed by atoms with Gasteiger partial charge < -0.3 is 5.11 Å². The number of amides is 1. The minimum atomic E-state index is -0.534. The van der Waals surface area contributed by atoms with Crippen LogP contribution < -0.4 is 5.43 Å². The molecule has 0 saturated heterocycles. The molecule has 0 aromatic heterocycles. The van der Waals surface area contributed by atoms with Crippen LogP contribution in [0.2, 0.25) is 5.02 Å². The highest BCUT2D eigenvalue weighted by Crippen LogP contribution is 2.16. The molecule has 20 heavy (non-hydrogen) atoms. The third-order valence-electron chi connectivity index (χ3n) is 2.47. The van der Waals surface area contributed by atoms with Crippen LogP contribution in [0.4, 0.5) is 4.39 Å². The predicted molar refractivity (Wildman–Crippen MR) is 74.6 cm³/mol. The van der Waals surface area contributed by atoms with Gasteiger partial charge in [0.1, 0.15) is 11.6 Å². The van der Waals surface area contributed by atoms with Crippen molar-refractivity contribution in [3.05, 3.63) is 64.4 Å². The fourth-order valence-corrected chi connectivity index (χ4v) is 1.71. The summed E-state index contributed by atoms with van der Waals surface area (Å²) in [4.78, 5) is 11.7. The molecule has 0 radical (unpaired) electrons. The molecule has 4 nitrogen and oxygen atoms in total. The van der Waals surface area contributed by atoms with Crippen molar-refractivity contribution in [2.45, 2.75) is 0 Å². The fraction of sp³-hybridized carbons (Fsp3) is 0. The van der Waals surface area contributed by atoms with Crippen molar-refractivity contribution in [2.24, 2.45) is 5.10 Å². The lowest BCUT2D eigenvalue weighted by molar-refractivity contribution is 0.0954. The first-order valence-corrected chi connectivity index (χ1v) is 6.02. The monoisotopic (exact) mass is 292 g/mol. The number of benzene rings is 2. The summed E-state index contributed by atoms with van der Waals surface area (Å²) in [6, 6.07) is 10.0. The molecule has 0 saturated carbocycles. The Bertz CT molecular complexity index is 654. The molecule has 0 aliphatic carbocycles. The number of hydrazone groups is 1. The molecule has 2 aromatic carbocycles. The van der Waals surface area contributed by atoms with E-state index in [-0.39, 0.29) is 21.9 Å². The predicted octanol–water partition coefficient (Wildman–Crippen LogP) is 2.95. The third kappa shape index (κ3) is 3.33. The SMILES string of the molecule is O=C(N/N=C/c1c(F)cccc1Cl)c1cccc(O)c1. The zero-order chi connectivity index (χ0) is 14.5. The molecule has 102 valence electrons. The fourth-order valence-electron chi connectivity index (χ4n) is 1.50. The lowest BCUT2D eigenvalue weighted by Crippen LogP contribution is -2.17. The van der Waals surface area contributed by atoms with Gasteiger partial charge in [0.05, 0.1) is 11.2 Å². The summed E-state index contributed by atoms with van der Waals surface area (Å²) in [5.41, 5.74) is 2.55. The van der Waals surface area contributed by atoms with E-state index in [1.54, 1.807) is 0 Å². The second-order valence-corrected chi connectivity index (χ2v) is 4.29. The maximum absolute atomic E-state index is 13.4. The average molecular weight is 293 g/mol. The molecule has 0 aliphatic rings. The Labute approximate surface area is 119 Å². The Balaban J connectivity index is 2.09. The van der Waals surface area contributed by atoms with Crippen LogP contribution in [0.25, 0.3) is 0 Å². The number of carbonyl (C=O) groups excluding carboxylic acids is 1. The standard InChI is InChI=1S/C14H10ClFN2O2/c15-12-5-2-6-13(16)11(12)8-17-18-14(20)9-3-1-4-10(19)7-9/h1-8,19H,(H,18,20)/b17-8+. The summed E-state index contributed by atoms with van der Waals surface area (Å²) >= 11 is 5.81. The van der Waals surface area contributed by atoms with Gasteiger partial charge in [0.25, 0.3) is 5.91 Å². The summed E-state index contributed by atoms with van der Waals surface area (Å²) < 4.78 is 13.4. The molecule has 2 aromatic rings. The first-order chi connectivity index (χ1) is 9.58. The Morgan fingerprint density at radius 2 is 2.05 bits per heavy atom. The topological polar surface area (TPSA) is 61.7 Å². The number of phenols is 1. The van der Waals surface area contributed by atoms with E-state index in [1.807, 2.05) is 0 Å². The van der Waals surface area contributed by atoms with Gasteiger partial charge in [-0.15, -0.1) is 0 Å². The highest BCUT2D eigenvalue weighted by Gasteiger charge is 2.06. The maximum atomic E-state index is 13.4. The summed E-state index contributed by atoms with van der Waals surface area (Å²) in [5.74, 6) is -1.09. The lowest BCUT2D eigenvalue weighted by atomic mass is 10.2. The molecule has 2 N–H and O–H groups in total. The molecule has 6 heteroatoms. The number of carbonyl (C=O) groups is 1. The van der Waals surface area contributed by atoms with Crippen molar-refractivity contribution >= 4 is 23.7 Å². The van der Waals surface area contributed by atoms with Gasteiger partial charge in [-0.05, 0) is 30.3 Å². The summed E-state index contributed by atoms with van der Waals surface area (Å²) in [5, 5.41) is 13.1. The first-order valence-electron chi connectivity index (χ1n) is 5.64. The molecular formula is C14H10ClFN2O2. The quantitative estimate of drug-likeness (QED) is 0.675. The molecule has 0 unspecified atom stereocenters. The molecule has 2 rings (SSSR count). The zero-order valence-electron chi connectivity index (χ0n) is 10.2. The van der Waals surface area contributed by atoms with Crippen molar-refractivity contribution in [1.29, 1.82) is 0 Å². The molecule has 0 atom stereocenters.